The van der Waals surface area contributed by atoms with E-state index in [0.717, 1.165) is 13.0 Å². The fourth-order valence-electron chi connectivity index (χ4n) is 3.66. The largest absolute Gasteiger partial charge is 0.312 e. The van der Waals surface area contributed by atoms with Gasteiger partial charge in [0.15, 0.2) is 0 Å². The maximum Gasteiger partial charge on any atom is 0.235 e. The zero-order valence-corrected chi connectivity index (χ0v) is 13.8. The highest BCUT2D eigenvalue weighted by Gasteiger charge is 2.45. The molecule has 1 saturated carbocycles. The number of carbonyl (C=O) groups is 2. The number of likely N-dealkylation sites (tertiary alicyclic amines) is 1. The molecule has 1 saturated heterocycles. The average molecular weight is 294 g/mol. The van der Waals surface area contributed by atoms with Gasteiger partial charge >= 0.3 is 0 Å². The van der Waals surface area contributed by atoms with E-state index >= 15 is 0 Å². The number of imide groups is 1. The van der Waals surface area contributed by atoms with E-state index in [2.05, 4.69) is 12.2 Å². The molecule has 1 unspecified atom stereocenters. The Balaban J connectivity index is 2.03. The van der Waals surface area contributed by atoms with Crippen molar-refractivity contribution in [1.82, 2.24) is 10.2 Å². The van der Waals surface area contributed by atoms with Crippen molar-refractivity contribution >= 4 is 11.8 Å². The van der Waals surface area contributed by atoms with Crippen molar-refractivity contribution in [3.05, 3.63) is 0 Å². The summed E-state index contributed by atoms with van der Waals surface area (Å²) in [5.41, 5.74) is -0.515. The first kappa shape index (κ1) is 16.5. The molecule has 0 spiro atoms. The van der Waals surface area contributed by atoms with Gasteiger partial charge in [0.2, 0.25) is 11.8 Å². The van der Waals surface area contributed by atoms with Crippen molar-refractivity contribution in [3.63, 3.8) is 0 Å². The summed E-state index contributed by atoms with van der Waals surface area (Å²) in [6.45, 7) is 7.43. The van der Waals surface area contributed by atoms with E-state index in [0.29, 0.717) is 18.9 Å². The van der Waals surface area contributed by atoms with Crippen LogP contribution in [0, 0.1) is 11.3 Å². The molecule has 0 aromatic heterocycles. The topological polar surface area (TPSA) is 49.4 Å². The van der Waals surface area contributed by atoms with E-state index in [-0.39, 0.29) is 17.9 Å². The Morgan fingerprint density at radius 3 is 2.43 bits per heavy atom. The van der Waals surface area contributed by atoms with Crippen LogP contribution in [0.4, 0.5) is 0 Å². The first-order valence-corrected chi connectivity index (χ1v) is 8.54. The van der Waals surface area contributed by atoms with Crippen molar-refractivity contribution in [2.75, 3.05) is 13.1 Å². The molecule has 1 atom stereocenters. The van der Waals surface area contributed by atoms with Gasteiger partial charge in [-0.05, 0) is 31.7 Å². The van der Waals surface area contributed by atoms with Gasteiger partial charge in [0.25, 0.3) is 0 Å². The Kier molecular flexibility index (Phi) is 5.42. The normalized spacial score (nSPS) is 24.6. The van der Waals surface area contributed by atoms with Crippen molar-refractivity contribution in [2.24, 2.45) is 11.3 Å². The van der Waals surface area contributed by atoms with E-state index in [4.69, 9.17) is 0 Å². The van der Waals surface area contributed by atoms with Gasteiger partial charge in [0.1, 0.15) is 0 Å². The predicted molar refractivity (Wildman–Crippen MR) is 83.8 cm³/mol. The number of nitrogens with zero attached hydrogens (tertiary/aromatic N) is 1. The lowest BCUT2D eigenvalue weighted by Gasteiger charge is -2.33. The highest BCUT2D eigenvalue weighted by molar-refractivity contribution is 6.05. The number of rotatable bonds is 6. The minimum Gasteiger partial charge on any atom is -0.312 e. The van der Waals surface area contributed by atoms with Crippen LogP contribution in [-0.4, -0.2) is 35.8 Å². The van der Waals surface area contributed by atoms with Gasteiger partial charge < -0.3 is 5.32 Å². The highest BCUT2D eigenvalue weighted by atomic mass is 16.2. The fourth-order valence-corrected chi connectivity index (χ4v) is 3.66. The Labute approximate surface area is 128 Å². The fraction of sp³-hybridized carbons (Fsp3) is 0.882. The quantitative estimate of drug-likeness (QED) is 0.766. The van der Waals surface area contributed by atoms with Crippen LogP contribution in [0.15, 0.2) is 0 Å². The zero-order chi connectivity index (χ0) is 15.5. The number of hydrogen-bond acceptors (Lipinski definition) is 3. The van der Waals surface area contributed by atoms with Crippen LogP contribution in [0.1, 0.15) is 65.7 Å². The highest BCUT2D eigenvalue weighted by Crippen LogP contribution is 2.33. The maximum atomic E-state index is 12.4. The molecule has 120 valence electrons. The van der Waals surface area contributed by atoms with Crippen molar-refractivity contribution in [1.29, 1.82) is 0 Å². The molecule has 0 bridgehead atoms. The third-order valence-corrected chi connectivity index (χ3v) is 4.97. The zero-order valence-electron chi connectivity index (χ0n) is 13.8. The van der Waals surface area contributed by atoms with E-state index < -0.39 is 5.41 Å². The maximum absolute atomic E-state index is 12.4. The smallest absolute Gasteiger partial charge is 0.235 e. The number of nitrogens with one attached hydrogen (secondary N) is 1. The Bertz CT molecular complexity index is 386. The van der Waals surface area contributed by atoms with E-state index in [9.17, 15) is 9.59 Å². The lowest BCUT2D eigenvalue weighted by molar-refractivity contribution is -0.141. The molecule has 2 fully saturated rings. The van der Waals surface area contributed by atoms with E-state index in [1.54, 1.807) is 0 Å². The summed E-state index contributed by atoms with van der Waals surface area (Å²) in [7, 11) is 0. The van der Waals surface area contributed by atoms with Crippen LogP contribution < -0.4 is 5.32 Å². The van der Waals surface area contributed by atoms with Crippen LogP contribution in [0.5, 0.6) is 0 Å². The molecule has 1 aliphatic heterocycles. The standard InChI is InChI=1S/C17H30N2O2/c1-4-10-18-14(13-8-6-5-7-9-13)12-19-15(20)11-17(2,3)16(19)21/h13-14,18H,4-12H2,1-3H3. The van der Waals surface area contributed by atoms with Crippen LogP contribution in [-0.2, 0) is 9.59 Å². The summed E-state index contributed by atoms with van der Waals surface area (Å²) in [5.74, 6) is 0.616. The van der Waals surface area contributed by atoms with Gasteiger partial charge in [-0.15, -0.1) is 0 Å². The molecule has 1 N–H and O–H groups in total. The van der Waals surface area contributed by atoms with Crippen molar-refractivity contribution < 1.29 is 9.59 Å². The average Bonchev–Trinajstić information content (AvgIpc) is 2.65. The minimum atomic E-state index is -0.515. The number of carbonyl (C=O) groups excluding carboxylic acids is 2. The van der Waals surface area contributed by atoms with Gasteiger partial charge in [0, 0.05) is 19.0 Å². The van der Waals surface area contributed by atoms with Crippen molar-refractivity contribution in [2.45, 2.75) is 71.8 Å². The van der Waals surface area contributed by atoms with Gasteiger partial charge in [-0.2, -0.15) is 0 Å². The second kappa shape index (κ2) is 6.91. The predicted octanol–water partition coefficient (Wildman–Crippen LogP) is 2.72. The Morgan fingerprint density at radius 2 is 1.90 bits per heavy atom. The van der Waals surface area contributed by atoms with Gasteiger partial charge in [-0.25, -0.2) is 0 Å². The summed E-state index contributed by atoms with van der Waals surface area (Å²) >= 11 is 0. The summed E-state index contributed by atoms with van der Waals surface area (Å²) < 4.78 is 0. The molecular weight excluding hydrogens is 264 g/mol. The summed E-state index contributed by atoms with van der Waals surface area (Å²) in [6.07, 6.45) is 7.77. The van der Waals surface area contributed by atoms with Gasteiger partial charge in [0.05, 0.1) is 5.41 Å². The van der Waals surface area contributed by atoms with Crippen LogP contribution in [0.3, 0.4) is 0 Å². The first-order chi connectivity index (χ1) is 9.95. The summed E-state index contributed by atoms with van der Waals surface area (Å²) in [6, 6.07) is 0.270. The lowest BCUT2D eigenvalue weighted by Crippen LogP contribution is -2.48. The van der Waals surface area contributed by atoms with E-state index in [1.165, 1.54) is 37.0 Å². The molecule has 0 aromatic carbocycles. The second-order valence-corrected chi connectivity index (χ2v) is 7.33. The third kappa shape index (κ3) is 3.85. The van der Waals surface area contributed by atoms with Crippen LogP contribution in [0.25, 0.3) is 0 Å². The van der Waals surface area contributed by atoms with Crippen LogP contribution in [0.2, 0.25) is 0 Å². The first-order valence-electron chi connectivity index (χ1n) is 8.54. The lowest BCUT2D eigenvalue weighted by atomic mass is 9.83. The molecule has 1 heterocycles. The van der Waals surface area contributed by atoms with Gasteiger partial charge in [-0.3, -0.25) is 14.5 Å². The van der Waals surface area contributed by atoms with Gasteiger partial charge in [-0.1, -0.05) is 40.0 Å². The summed E-state index contributed by atoms with van der Waals surface area (Å²) in [4.78, 5) is 26.1. The molecule has 0 radical (unpaired) electrons. The SMILES string of the molecule is CCCNC(CN1C(=O)CC(C)(C)C1=O)C1CCCCC1. The molecule has 4 heteroatoms. The minimum absolute atomic E-state index is 0.00380. The Morgan fingerprint density at radius 1 is 1.24 bits per heavy atom. The molecular formula is C17H30N2O2. The van der Waals surface area contributed by atoms with Crippen molar-refractivity contribution in [3.8, 4) is 0 Å². The third-order valence-electron chi connectivity index (χ3n) is 4.97. The molecule has 1 aliphatic carbocycles. The molecule has 4 nitrogen and oxygen atoms in total. The van der Waals surface area contributed by atoms with Crippen LogP contribution >= 0.6 is 0 Å². The van der Waals surface area contributed by atoms with E-state index in [1.807, 2.05) is 13.8 Å². The molecule has 0 aromatic rings. The molecule has 2 aliphatic rings. The monoisotopic (exact) mass is 294 g/mol. The second-order valence-electron chi connectivity index (χ2n) is 7.33. The number of hydrogen-bond donors (Lipinski definition) is 1. The Hall–Kier alpha value is -0.900. The molecule has 21 heavy (non-hydrogen) atoms. The number of amides is 2. The molecule has 2 amide bonds. The molecule has 2 rings (SSSR count). The summed E-state index contributed by atoms with van der Waals surface area (Å²) in [5, 5.41) is 3.59.